The molecule has 0 bridgehead atoms. The van der Waals surface area contributed by atoms with E-state index in [2.05, 4.69) is 26.6 Å². The standard InChI is InChI=1S/C13H17BrN2O2/c1-9(10-3-2-4-11(14)7-10)16-13(17)12-8-15-5-6-18-12/h2-4,7,9,12,15H,5-6,8H2,1H3,(H,16,17)/t9-,12?/m1/s1. The fourth-order valence-electron chi connectivity index (χ4n) is 1.90. The average molecular weight is 313 g/mol. The van der Waals surface area contributed by atoms with Gasteiger partial charge in [0.05, 0.1) is 12.6 Å². The van der Waals surface area contributed by atoms with Crippen LogP contribution in [0.3, 0.4) is 0 Å². The quantitative estimate of drug-likeness (QED) is 0.891. The van der Waals surface area contributed by atoms with E-state index in [1.54, 1.807) is 0 Å². The van der Waals surface area contributed by atoms with Gasteiger partial charge in [0.2, 0.25) is 0 Å². The van der Waals surface area contributed by atoms with Gasteiger partial charge in [-0.2, -0.15) is 0 Å². The monoisotopic (exact) mass is 312 g/mol. The molecule has 1 unspecified atom stereocenters. The molecule has 1 saturated heterocycles. The Morgan fingerprint density at radius 1 is 1.61 bits per heavy atom. The number of rotatable bonds is 3. The fraction of sp³-hybridized carbons (Fsp3) is 0.462. The third-order valence-electron chi connectivity index (χ3n) is 2.93. The lowest BCUT2D eigenvalue weighted by Crippen LogP contribution is -2.48. The lowest BCUT2D eigenvalue weighted by Gasteiger charge is -2.24. The van der Waals surface area contributed by atoms with Gasteiger partial charge in [0.1, 0.15) is 6.10 Å². The van der Waals surface area contributed by atoms with Crippen molar-refractivity contribution < 1.29 is 9.53 Å². The lowest BCUT2D eigenvalue weighted by atomic mass is 10.1. The topological polar surface area (TPSA) is 50.4 Å². The highest BCUT2D eigenvalue weighted by Gasteiger charge is 2.23. The first-order valence-electron chi connectivity index (χ1n) is 6.05. The molecule has 1 aromatic carbocycles. The average Bonchev–Trinajstić information content (AvgIpc) is 2.39. The molecule has 1 aliphatic heterocycles. The molecule has 0 radical (unpaired) electrons. The smallest absolute Gasteiger partial charge is 0.250 e. The Labute approximate surface area is 115 Å². The number of carbonyl (C=O) groups is 1. The summed E-state index contributed by atoms with van der Waals surface area (Å²) in [5.74, 6) is -0.0605. The number of carbonyl (C=O) groups excluding carboxylic acids is 1. The van der Waals surface area contributed by atoms with Crippen LogP contribution < -0.4 is 10.6 Å². The van der Waals surface area contributed by atoms with Crippen molar-refractivity contribution in [3.63, 3.8) is 0 Å². The summed E-state index contributed by atoms with van der Waals surface area (Å²) in [6.07, 6.45) is -0.381. The Bertz CT molecular complexity index is 419. The van der Waals surface area contributed by atoms with Gasteiger partial charge in [-0.1, -0.05) is 28.1 Å². The Balaban J connectivity index is 1.94. The maximum Gasteiger partial charge on any atom is 0.250 e. The summed E-state index contributed by atoms with van der Waals surface area (Å²) in [5, 5.41) is 6.11. The van der Waals surface area contributed by atoms with Crippen molar-refractivity contribution in [1.29, 1.82) is 0 Å². The molecule has 0 spiro atoms. The minimum absolute atomic E-state index is 0.0273. The maximum atomic E-state index is 12.0. The van der Waals surface area contributed by atoms with Crippen LogP contribution in [0, 0.1) is 0 Å². The molecule has 0 aliphatic carbocycles. The van der Waals surface area contributed by atoms with Crippen LogP contribution in [0.25, 0.3) is 0 Å². The zero-order valence-electron chi connectivity index (χ0n) is 10.3. The highest BCUT2D eigenvalue weighted by Crippen LogP contribution is 2.18. The molecule has 1 amide bonds. The largest absolute Gasteiger partial charge is 0.366 e. The van der Waals surface area contributed by atoms with E-state index in [1.165, 1.54) is 0 Å². The molecule has 18 heavy (non-hydrogen) atoms. The molecule has 1 aliphatic rings. The molecule has 0 aromatic heterocycles. The van der Waals surface area contributed by atoms with E-state index in [4.69, 9.17) is 4.74 Å². The maximum absolute atomic E-state index is 12.0. The fourth-order valence-corrected chi connectivity index (χ4v) is 2.32. The van der Waals surface area contributed by atoms with E-state index < -0.39 is 0 Å². The lowest BCUT2D eigenvalue weighted by molar-refractivity contribution is -0.134. The number of hydrogen-bond donors (Lipinski definition) is 2. The van der Waals surface area contributed by atoms with Crippen molar-refractivity contribution in [3.05, 3.63) is 34.3 Å². The van der Waals surface area contributed by atoms with Crippen LogP contribution in [0.2, 0.25) is 0 Å². The first-order valence-corrected chi connectivity index (χ1v) is 6.84. The summed E-state index contributed by atoms with van der Waals surface area (Å²) in [7, 11) is 0. The van der Waals surface area contributed by atoms with E-state index >= 15 is 0 Å². The van der Waals surface area contributed by atoms with Crippen LogP contribution in [-0.4, -0.2) is 31.7 Å². The third kappa shape index (κ3) is 3.54. The number of hydrogen-bond acceptors (Lipinski definition) is 3. The summed E-state index contributed by atoms with van der Waals surface area (Å²) in [6, 6.07) is 7.90. The second kappa shape index (κ2) is 6.31. The predicted octanol–water partition coefficient (Wildman–Crippen LogP) is 1.61. The van der Waals surface area contributed by atoms with Crippen molar-refractivity contribution in [2.45, 2.75) is 19.1 Å². The Morgan fingerprint density at radius 3 is 3.11 bits per heavy atom. The molecule has 0 saturated carbocycles. The summed E-state index contributed by atoms with van der Waals surface area (Å²) in [6.45, 7) is 3.95. The van der Waals surface area contributed by atoms with E-state index in [-0.39, 0.29) is 18.1 Å². The number of nitrogens with one attached hydrogen (secondary N) is 2. The van der Waals surface area contributed by atoms with Crippen molar-refractivity contribution in [1.82, 2.24) is 10.6 Å². The van der Waals surface area contributed by atoms with Gasteiger partial charge < -0.3 is 15.4 Å². The molecule has 98 valence electrons. The van der Waals surface area contributed by atoms with Gasteiger partial charge in [-0.3, -0.25) is 4.79 Å². The third-order valence-corrected chi connectivity index (χ3v) is 3.42. The summed E-state index contributed by atoms with van der Waals surface area (Å²) in [4.78, 5) is 12.0. The molecule has 2 rings (SSSR count). The highest BCUT2D eigenvalue weighted by molar-refractivity contribution is 9.10. The Hall–Kier alpha value is -0.910. The highest BCUT2D eigenvalue weighted by atomic mass is 79.9. The van der Waals surface area contributed by atoms with Gasteiger partial charge >= 0.3 is 0 Å². The van der Waals surface area contributed by atoms with Crippen LogP contribution in [0.5, 0.6) is 0 Å². The summed E-state index contributed by atoms with van der Waals surface area (Å²) in [5.41, 5.74) is 1.07. The van der Waals surface area contributed by atoms with E-state index in [9.17, 15) is 4.79 Å². The van der Waals surface area contributed by atoms with Crippen molar-refractivity contribution in [2.24, 2.45) is 0 Å². The summed E-state index contributed by atoms with van der Waals surface area (Å²) >= 11 is 3.43. The van der Waals surface area contributed by atoms with Crippen LogP contribution in [0.1, 0.15) is 18.5 Å². The first-order chi connectivity index (χ1) is 8.66. The molecule has 5 heteroatoms. The van der Waals surface area contributed by atoms with Crippen molar-refractivity contribution in [2.75, 3.05) is 19.7 Å². The van der Waals surface area contributed by atoms with Gasteiger partial charge in [-0.15, -0.1) is 0 Å². The second-order valence-electron chi connectivity index (χ2n) is 4.35. The number of halogens is 1. The first kappa shape index (κ1) is 13.5. The van der Waals surface area contributed by atoms with Crippen LogP contribution >= 0.6 is 15.9 Å². The number of morpholine rings is 1. The molecule has 2 N–H and O–H groups in total. The number of benzene rings is 1. The van der Waals surface area contributed by atoms with Gasteiger partial charge in [0, 0.05) is 17.6 Å². The molecule has 2 atom stereocenters. The van der Waals surface area contributed by atoms with E-state index in [1.807, 2.05) is 31.2 Å². The minimum Gasteiger partial charge on any atom is -0.366 e. The molecule has 4 nitrogen and oxygen atoms in total. The SMILES string of the molecule is C[C@@H](NC(=O)C1CNCCO1)c1cccc(Br)c1. The molecular weight excluding hydrogens is 296 g/mol. The molecule has 1 aromatic rings. The normalized spacial score (nSPS) is 21.3. The van der Waals surface area contributed by atoms with Gasteiger partial charge in [-0.25, -0.2) is 0 Å². The summed E-state index contributed by atoms with van der Waals surface area (Å²) < 4.78 is 6.43. The predicted molar refractivity (Wildman–Crippen MR) is 73.3 cm³/mol. The minimum atomic E-state index is -0.381. The van der Waals surface area contributed by atoms with Crippen LogP contribution in [-0.2, 0) is 9.53 Å². The number of ether oxygens (including phenoxy) is 1. The molecule has 1 heterocycles. The second-order valence-corrected chi connectivity index (χ2v) is 5.26. The van der Waals surface area contributed by atoms with E-state index in [0.29, 0.717) is 13.2 Å². The van der Waals surface area contributed by atoms with Crippen LogP contribution in [0.4, 0.5) is 0 Å². The Kier molecular flexibility index (Phi) is 4.74. The number of amides is 1. The van der Waals surface area contributed by atoms with Gasteiger partial charge in [0.25, 0.3) is 5.91 Å². The zero-order chi connectivity index (χ0) is 13.0. The van der Waals surface area contributed by atoms with E-state index in [0.717, 1.165) is 16.6 Å². The molecule has 1 fully saturated rings. The zero-order valence-corrected chi connectivity index (χ0v) is 11.9. The Morgan fingerprint density at radius 2 is 2.44 bits per heavy atom. The van der Waals surface area contributed by atoms with Gasteiger partial charge in [-0.05, 0) is 24.6 Å². The van der Waals surface area contributed by atoms with Gasteiger partial charge in [0.15, 0.2) is 0 Å². The van der Waals surface area contributed by atoms with Crippen molar-refractivity contribution in [3.8, 4) is 0 Å². The molecular formula is C13H17BrN2O2. The van der Waals surface area contributed by atoms with Crippen molar-refractivity contribution >= 4 is 21.8 Å². The van der Waals surface area contributed by atoms with Crippen LogP contribution in [0.15, 0.2) is 28.7 Å².